The molecule has 158 valence electrons. The molecule has 0 bridgehead atoms. The van der Waals surface area contributed by atoms with Crippen molar-refractivity contribution in [3.05, 3.63) is 52.5 Å². The fraction of sp³-hybridized carbons (Fsp3) is 0.333. The van der Waals surface area contributed by atoms with Gasteiger partial charge in [-0.2, -0.15) is 4.31 Å². The maximum absolute atomic E-state index is 12.9. The molecule has 1 N–H and O–H groups in total. The zero-order valence-corrected chi connectivity index (χ0v) is 19.7. The highest BCUT2D eigenvalue weighted by atomic mass is 79.9. The summed E-state index contributed by atoms with van der Waals surface area (Å²) < 4.78 is 29.2. The van der Waals surface area contributed by atoms with E-state index in [0.717, 1.165) is 40.4 Å². The van der Waals surface area contributed by atoms with Crippen LogP contribution in [-0.4, -0.2) is 36.7 Å². The van der Waals surface area contributed by atoms with Crippen molar-refractivity contribution in [1.82, 2.24) is 9.29 Å². The minimum absolute atomic E-state index is 0.0464. The van der Waals surface area contributed by atoms with Crippen LogP contribution in [0.3, 0.4) is 0 Å². The third-order valence-electron chi connectivity index (χ3n) is 5.47. The van der Waals surface area contributed by atoms with Crippen molar-refractivity contribution in [2.24, 2.45) is 0 Å². The molecule has 9 heteroatoms. The molecule has 1 heterocycles. The van der Waals surface area contributed by atoms with Crippen LogP contribution in [0.5, 0.6) is 0 Å². The number of para-hydroxylation sites is 1. The third-order valence-corrected chi connectivity index (χ3v) is 8.97. The van der Waals surface area contributed by atoms with Crippen LogP contribution in [0.25, 0.3) is 10.2 Å². The first-order valence-corrected chi connectivity index (χ1v) is 12.9. The number of hydrogen-bond acceptors (Lipinski definition) is 5. The normalized spacial score (nSPS) is 15.6. The number of aromatic nitrogens is 1. The van der Waals surface area contributed by atoms with Crippen LogP contribution in [0.2, 0.25) is 0 Å². The van der Waals surface area contributed by atoms with Crippen LogP contribution in [0.15, 0.2) is 51.8 Å². The second kappa shape index (κ2) is 8.74. The van der Waals surface area contributed by atoms with Crippen LogP contribution in [0.1, 0.15) is 42.5 Å². The standard InChI is InChI=1S/C21H22BrN3O3S2/c1-25(15-6-3-2-4-7-15)30(27,28)16-12-10-14(11-13-16)20(26)24-21-23-19-17(22)8-5-9-18(19)29-21/h5,8-13,15H,2-4,6-7H2,1H3,(H,23,24,26). The predicted molar refractivity (Wildman–Crippen MR) is 124 cm³/mol. The van der Waals surface area contributed by atoms with E-state index in [1.54, 1.807) is 19.2 Å². The first-order valence-electron chi connectivity index (χ1n) is 9.81. The molecule has 1 aliphatic carbocycles. The van der Waals surface area contributed by atoms with Gasteiger partial charge in [0, 0.05) is 23.1 Å². The number of sulfonamides is 1. The molecule has 1 aliphatic rings. The minimum atomic E-state index is -3.58. The highest BCUT2D eigenvalue weighted by Gasteiger charge is 2.29. The topological polar surface area (TPSA) is 79.4 Å². The van der Waals surface area contributed by atoms with Gasteiger partial charge in [0.1, 0.15) is 0 Å². The van der Waals surface area contributed by atoms with Gasteiger partial charge in [-0.1, -0.05) is 36.7 Å². The van der Waals surface area contributed by atoms with E-state index in [1.165, 1.54) is 34.2 Å². The molecule has 1 fully saturated rings. The van der Waals surface area contributed by atoms with E-state index in [1.807, 2.05) is 18.2 Å². The molecule has 1 aromatic heterocycles. The van der Waals surface area contributed by atoms with Gasteiger partial charge in [-0.05, 0) is 65.2 Å². The number of carbonyl (C=O) groups excluding carboxylic acids is 1. The summed E-state index contributed by atoms with van der Waals surface area (Å²) in [6, 6.07) is 11.9. The summed E-state index contributed by atoms with van der Waals surface area (Å²) >= 11 is 4.84. The highest BCUT2D eigenvalue weighted by molar-refractivity contribution is 9.10. The summed E-state index contributed by atoms with van der Waals surface area (Å²) in [5.74, 6) is -0.324. The molecule has 0 atom stereocenters. The molecule has 4 rings (SSSR count). The van der Waals surface area contributed by atoms with E-state index in [9.17, 15) is 13.2 Å². The zero-order chi connectivity index (χ0) is 21.3. The molecule has 2 aromatic carbocycles. The Morgan fingerprint density at radius 2 is 1.83 bits per heavy atom. The van der Waals surface area contributed by atoms with Gasteiger partial charge in [-0.25, -0.2) is 13.4 Å². The van der Waals surface area contributed by atoms with Crippen molar-refractivity contribution >= 4 is 58.5 Å². The molecular weight excluding hydrogens is 486 g/mol. The average Bonchev–Trinajstić information content (AvgIpc) is 3.17. The Labute approximate surface area is 188 Å². The molecule has 0 saturated heterocycles. The van der Waals surface area contributed by atoms with Crippen LogP contribution >= 0.6 is 27.3 Å². The zero-order valence-electron chi connectivity index (χ0n) is 16.5. The summed E-state index contributed by atoms with van der Waals surface area (Å²) in [6.45, 7) is 0. The third kappa shape index (κ3) is 4.30. The number of nitrogens with one attached hydrogen (secondary N) is 1. The maximum atomic E-state index is 12.9. The Morgan fingerprint density at radius 1 is 1.13 bits per heavy atom. The summed E-state index contributed by atoms with van der Waals surface area (Å²) in [5, 5.41) is 3.29. The number of hydrogen-bond donors (Lipinski definition) is 1. The fourth-order valence-corrected chi connectivity index (χ4v) is 6.61. The number of fused-ring (bicyclic) bond motifs is 1. The van der Waals surface area contributed by atoms with Crippen LogP contribution in [-0.2, 0) is 10.0 Å². The first kappa shape index (κ1) is 21.4. The molecule has 1 saturated carbocycles. The van der Waals surface area contributed by atoms with E-state index >= 15 is 0 Å². The largest absolute Gasteiger partial charge is 0.298 e. The Morgan fingerprint density at radius 3 is 2.50 bits per heavy atom. The summed E-state index contributed by atoms with van der Waals surface area (Å²) in [7, 11) is -1.93. The maximum Gasteiger partial charge on any atom is 0.257 e. The molecule has 30 heavy (non-hydrogen) atoms. The van der Waals surface area contributed by atoms with Gasteiger partial charge in [0.2, 0.25) is 10.0 Å². The molecule has 0 spiro atoms. The highest BCUT2D eigenvalue weighted by Crippen LogP contribution is 2.31. The Bertz CT molecular complexity index is 1170. The molecule has 0 aliphatic heterocycles. The number of amides is 1. The van der Waals surface area contributed by atoms with Gasteiger partial charge in [0.05, 0.1) is 15.1 Å². The number of halogens is 1. The van der Waals surface area contributed by atoms with E-state index in [4.69, 9.17) is 0 Å². The summed E-state index contributed by atoms with van der Waals surface area (Å²) in [6.07, 6.45) is 5.08. The number of anilines is 1. The molecule has 6 nitrogen and oxygen atoms in total. The molecule has 3 aromatic rings. The lowest BCUT2D eigenvalue weighted by atomic mass is 9.96. The Kier molecular flexibility index (Phi) is 6.24. The van der Waals surface area contributed by atoms with E-state index in [-0.39, 0.29) is 16.8 Å². The lowest BCUT2D eigenvalue weighted by Gasteiger charge is -2.30. The van der Waals surface area contributed by atoms with Crippen molar-refractivity contribution in [3.63, 3.8) is 0 Å². The summed E-state index contributed by atoms with van der Waals surface area (Å²) in [4.78, 5) is 17.3. The smallest absolute Gasteiger partial charge is 0.257 e. The van der Waals surface area contributed by atoms with Gasteiger partial charge in [0.25, 0.3) is 5.91 Å². The van der Waals surface area contributed by atoms with Crippen molar-refractivity contribution in [2.45, 2.75) is 43.0 Å². The average molecular weight is 508 g/mol. The van der Waals surface area contributed by atoms with Crippen molar-refractivity contribution < 1.29 is 13.2 Å². The van der Waals surface area contributed by atoms with Crippen molar-refractivity contribution in [2.75, 3.05) is 12.4 Å². The predicted octanol–water partition coefficient (Wildman–Crippen LogP) is 5.26. The van der Waals surface area contributed by atoms with Crippen LogP contribution in [0, 0.1) is 0 Å². The minimum Gasteiger partial charge on any atom is -0.298 e. The first-order chi connectivity index (χ1) is 14.4. The van der Waals surface area contributed by atoms with Crippen LogP contribution in [0.4, 0.5) is 5.13 Å². The Hall–Kier alpha value is -1.81. The lowest BCUT2D eigenvalue weighted by molar-refractivity contribution is 0.102. The number of rotatable bonds is 5. The molecule has 0 radical (unpaired) electrons. The number of carbonyl (C=O) groups is 1. The SMILES string of the molecule is CN(C1CCCCC1)S(=O)(=O)c1ccc(C(=O)Nc2nc3c(Br)cccc3s2)cc1. The van der Waals surface area contributed by atoms with Gasteiger partial charge < -0.3 is 0 Å². The molecular formula is C21H22BrN3O3S2. The van der Waals surface area contributed by atoms with E-state index in [2.05, 4.69) is 26.2 Å². The number of nitrogens with zero attached hydrogens (tertiary/aromatic N) is 2. The number of benzene rings is 2. The lowest BCUT2D eigenvalue weighted by Crippen LogP contribution is -2.38. The molecule has 0 unspecified atom stereocenters. The molecule has 1 amide bonds. The fourth-order valence-electron chi connectivity index (χ4n) is 3.72. The van der Waals surface area contributed by atoms with Gasteiger partial charge in [-0.15, -0.1) is 0 Å². The van der Waals surface area contributed by atoms with Crippen molar-refractivity contribution in [3.8, 4) is 0 Å². The van der Waals surface area contributed by atoms with Crippen molar-refractivity contribution in [1.29, 1.82) is 0 Å². The van der Waals surface area contributed by atoms with Gasteiger partial charge in [0.15, 0.2) is 5.13 Å². The van der Waals surface area contributed by atoms with Crippen LogP contribution < -0.4 is 5.32 Å². The monoisotopic (exact) mass is 507 g/mol. The van der Waals surface area contributed by atoms with E-state index in [0.29, 0.717) is 10.7 Å². The second-order valence-corrected chi connectivity index (χ2v) is 11.3. The number of thiazole rings is 1. The Balaban J connectivity index is 1.49. The summed E-state index contributed by atoms with van der Waals surface area (Å²) in [5.41, 5.74) is 1.18. The quantitative estimate of drug-likeness (QED) is 0.510. The van der Waals surface area contributed by atoms with Gasteiger partial charge in [-0.3, -0.25) is 10.1 Å². The van der Waals surface area contributed by atoms with E-state index < -0.39 is 10.0 Å². The second-order valence-electron chi connectivity index (χ2n) is 7.40. The van der Waals surface area contributed by atoms with Gasteiger partial charge >= 0.3 is 0 Å².